The molecule has 2 N–H and O–H groups in total. The second kappa shape index (κ2) is 13.9. The average molecular weight is 537 g/mol. The third-order valence-electron chi connectivity index (χ3n) is 7.08. The fourth-order valence-electron chi connectivity index (χ4n) is 5.02. The number of piperidine rings is 1. The molecule has 0 aromatic heterocycles. The number of hydrogen-bond donors (Lipinski definition) is 1. The molecular formula is C30H37ClN4OS. The van der Waals surface area contributed by atoms with Crippen molar-refractivity contribution in [2.75, 3.05) is 45.8 Å². The van der Waals surface area contributed by atoms with Gasteiger partial charge in [-0.2, -0.15) is 0 Å². The lowest BCUT2D eigenvalue weighted by molar-refractivity contribution is -0.138. The minimum absolute atomic E-state index is 0.135. The number of nitrogens with two attached hydrogens (primary N) is 1. The molecule has 4 rings (SSSR count). The molecule has 1 amide bonds. The molecule has 37 heavy (non-hydrogen) atoms. The first-order valence-electron chi connectivity index (χ1n) is 13.0. The van der Waals surface area contributed by atoms with Crippen LogP contribution in [0.25, 0.3) is 0 Å². The largest absolute Gasteiger partial charge is 0.405 e. The first-order valence-corrected chi connectivity index (χ1v) is 14.2. The Morgan fingerprint density at radius 2 is 1.70 bits per heavy atom. The van der Waals surface area contributed by atoms with E-state index in [2.05, 4.69) is 57.7 Å². The van der Waals surface area contributed by atoms with E-state index in [0.717, 1.165) is 75.8 Å². The maximum absolute atomic E-state index is 13.3. The van der Waals surface area contributed by atoms with Crippen LogP contribution in [0.4, 0.5) is 0 Å². The molecule has 0 spiro atoms. The molecule has 0 aliphatic carbocycles. The number of likely N-dealkylation sites (tertiary alicyclic amines) is 1. The first kappa shape index (κ1) is 27.5. The molecule has 2 fully saturated rings. The number of piperazine rings is 1. The van der Waals surface area contributed by atoms with Gasteiger partial charge in [0.2, 0.25) is 5.91 Å². The van der Waals surface area contributed by atoms with E-state index >= 15 is 0 Å². The molecular weight excluding hydrogens is 500 g/mol. The summed E-state index contributed by atoms with van der Waals surface area (Å²) in [5.74, 6) is 0.470. The van der Waals surface area contributed by atoms with Gasteiger partial charge in [-0.05, 0) is 79.7 Å². The summed E-state index contributed by atoms with van der Waals surface area (Å²) in [4.78, 5) is 22.7. The van der Waals surface area contributed by atoms with Crippen LogP contribution in [0.3, 0.4) is 0 Å². The predicted octanol–water partition coefficient (Wildman–Crippen LogP) is 5.43. The highest BCUT2D eigenvalue weighted by molar-refractivity contribution is 7.99. The van der Waals surface area contributed by atoms with Crippen molar-refractivity contribution in [3.05, 3.63) is 95.7 Å². The van der Waals surface area contributed by atoms with Crippen molar-refractivity contribution in [2.24, 2.45) is 11.7 Å². The van der Waals surface area contributed by atoms with Crippen molar-refractivity contribution in [3.8, 4) is 0 Å². The van der Waals surface area contributed by atoms with Gasteiger partial charge in [0, 0.05) is 60.0 Å². The van der Waals surface area contributed by atoms with Crippen LogP contribution in [-0.2, 0) is 11.3 Å². The predicted molar refractivity (Wildman–Crippen MR) is 155 cm³/mol. The number of halogens is 1. The normalized spacial score (nSPS) is 18.4. The number of hydrogen-bond acceptors (Lipinski definition) is 5. The Balaban J connectivity index is 1.25. The maximum Gasteiger partial charge on any atom is 0.225 e. The third-order valence-corrected chi connectivity index (χ3v) is 8.46. The molecule has 0 unspecified atom stereocenters. The molecule has 5 nitrogen and oxygen atoms in total. The van der Waals surface area contributed by atoms with Gasteiger partial charge >= 0.3 is 0 Å². The number of rotatable bonds is 9. The summed E-state index contributed by atoms with van der Waals surface area (Å²) in [6.45, 7) is 10.8. The summed E-state index contributed by atoms with van der Waals surface area (Å²) in [7, 11) is 0. The second-order valence-corrected chi connectivity index (χ2v) is 11.2. The topological polar surface area (TPSA) is 52.8 Å². The van der Waals surface area contributed by atoms with Crippen molar-refractivity contribution >= 4 is 29.3 Å². The first-order chi connectivity index (χ1) is 18.1. The average Bonchev–Trinajstić information content (AvgIpc) is 2.92. The molecule has 7 heteroatoms. The van der Waals surface area contributed by atoms with E-state index in [1.165, 1.54) is 15.4 Å². The standard InChI is InChI=1S/C30H37ClN4OS/c1-2-5-24(12-15-32)22-33-16-13-25(14-17-33)30(36)35-20-18-34(19-21-35)23-26-6-3-4-7-29(26)37-28-10-8-27(31)9-11-28/h2-12,15,25H,1,13-14,16-23,32H2/b15-12-,24-5+. The van der Waals surface area contributed by atoms with Crippen molar-refractivity contribution in [1.82, 2.24) is 14.7 Å². The Labute approximate surface area is 230 Å². The second-order valence-electron chi connectivity index (χ2n) is 9.65. The highest BCUT2D eigenvalue weighted by Gasteiger charge is 2.30. The monoisotopic (exact) mass is 536 g/mol. The van der Waals surface area contributed by atoms with Gasteiger partial charge in [0.1, 0.15) is 0 Å². The number of carbonyl (C=O) groups excluding carboxylic acids is 1. The Morgan fingerprint density at radius 1 is 1.00 bits per heavy atom. The Kier molecular flexibility index (Phi) is 10.3. The van der Waals surface area contributed by atoms with Crippen LogP contribution in [-0.4, -0.2) is 66.4 Å². The SMILES string of the molecule is C=C/C=C(\C=C/N)CN1CCC(C(=O)N2CCN(Cc3ccccc3Sc3ccc(Cl)cc3)CC2)CC1. The van der Waals surface area contributed by atoms with E-state index in [4.69, 9.17) is 17.3 Å². The zero-order valence-corrected chi connectivity index (χ0v) is 23.0. The van der Waals surface area contributed by atoms with Gasteiger partial charge in [-0.15, -0.1) is 0 Å². The van der Waals surface area contributed by atoms with Gasteiger partial charge in [0.25, 0.3) is 0 Å². The minimum Gasteiger partial charge on any atom is -0.405 e. The molecule has 2 saturated heterocycles. The van der Waals surface area contributed by atoms with E-state index in [1.54, 1.807) is 24.0 Å². The smallest absolute Gasteiger partial charge is 0.225 e. The quantitative estimate of drug-likeness (QED) is 0.433. The summed E-state index contributed by atoms with van der Waals surface area (Å²) in [5.41, 5.74) is 8.04. The van der Waals surface area contributed by atoms with Crippen molar-refractivity contribution in [2.45, 2.75) is 29.2 Å². The van der Waals surface area contributed by atoms with E-state index in [0.29, 0.717) is 5.91 Å². The minimum atomic E-state index is 0.135. The van der Waals surface area contributed by atoms with Crippen molar-refractivity contribution in [1.29, 1.82) is 0 Å². The number of allylic oxidation sites excluding steroid dienone is 2. The van der Waals surface area contributed by atoms with Crippen molar-refractivity contribution < 1.29 is 4.79 Å². The summed E-state index contributed by atoms with van der Waals surface area (Å²) in [5, 5.41) is 0.755. The lowest BCUT2D eigenvalue weighted by Gasteiger charge is -2.38. The van der Waals surface area contributed by atoms with Gasteiger partial charge in [-0.3, -0.25) is 14.6 Å². The highest BCUT2D eigenvalue weighted by Crippen LogP contribution is 2.32. The summed E-state index contributed by atoms with van der Waals surface area (Å²) in [6, 6.07) is 16.6. The zero-order valence-electron chi connectivity index (χ0n) is 21.4. The number of benzene rings is 2. The van der Waals surface area contributed by atoms with Gasteiger partial charge < -0.3 is 10.6 Å². The Bertz CT molecular complexity index is 1100. The lowest BCUT2D eigenvalue weighted by atomic mass is 9.94. The van der Waals surface area contributed by atoms with E-state index in [9.17, 15) is 4.79 Å². The van der Waals surface area contributed by atoms with Crippen LogP contribution < -0.4 is 5.73 Å². The van der Waals surface area contributed by atoms with Crippen LogP contribution >= 0.6 is 23.4 Å². The Hall–Kier alpha value is -2.51. The molecule has 0 radical (unpaired) electrons. The van der Waals surface area contributed by atoms with Crippen molar-refractivity contribution in [3.63, 3.8) is 0 Å². The molecule has 2 aliphatic rings. The molecule has 196 valence electrons. The lowest BCUT2D eigenvalue weighted by Crippen LogP contribution is -2.51. The van der Waals surface area contributed by atoms with E-state index in [-0.39, 0.29) is 5.92 Å². The number of carbonyl (C=O) groups is 1. The fraction of sp³-hybridized carbons (Fsp3) is 0.367. The Morgan fingerprint density at radius 3 is 2.38 bits per heavy atom. The van der Waals surface area contributed by atoms with Crippen LogP contribution in [0, 0.1) is 5.92 Å². The molecule has 2 aromatic rings. The highest BCUT2D eigenvalue weighted by atomic mass is 35.5. The molecule has 0 atom stereocenters. The van der Waals surface area contributed by atoms with Crippen LogP contribution in [0.1, 0.15) is 18.4 Å². The van der Waals surface area contributed by atoms with Gasteiger partial charge in [-0.1, -0.05) is 60.3 Å². The van der Waals surface area contributed by atoms with Gasteiger partial charge in [0.15, 0.2) is 0 Å². The molecule has 2 aromatic carbocycles. The molecule has 2 aliphatic heterocycles. The van der Waals surface area contributed by atoms with Crippen LogP contribution in [0.2, 0.25) is 5.02 Å². The fourth-order valence-corrected chi connectivity index (χ4v) is 6.08. The maximum atomic E-state index is 13.3. The van der Waals surface area contributed by atoms with Crippen LogP contribution in [0.15, 0.2) is 94.9 Å². The summed E-state index contributed by atoms with van der Waals surface area (Å²) >= 11 is 7.82. The zero-order chi connectivity index (χ0) is 26.0. The third kappa shape index (κ3) is 7.99. The molecule has 0 saturated carbocycles. The summed E-state index contributed by atoms with van der Waals surface area (Å²) < 4.78 is 0. The summed E-state index contributed by atoms with van der Waals surface area (Å²) in [6.07, 6.45) is 9.12. The van der Waals surface area contributed by atoms with Gasteiger partial charge in [0.05, 0.1) is 0 Å². The van der Waals surface area contributed by atoms with E-state index in [1.807, 2.05) is 24.3 Å². The van der Waals surface area contributed by atoms with Gasteiger partial charge in [-0.25, -0.2) is 0 Å². The van der Waals surface area contributed by atoms with E-state index < -0.39 is 0 Å². The number of amides is 1. The molecule has 2 heterocycles. The van der Waals surface area contributed by atoms with Crippen LogP contribution in [0.5, 0.6) is 0 Å². The molecule has 0 bridgehead atoms. The number of nitrogens with zero attached hydrogens (tertiary/aromatic N) is 3.